The van der Waals surface area contributed by atoms with E-state index in [1.54, 1.807) is 11.6 Å². The standard InChI is InChI=1S/C35H44N6O5/c1-38-30-19-27(7-8-28(30)41(34(38)45)29-9-10-31(42)37-32(29)43)40-15-11-24(12-16-40)22-39-17-13-35(14-18-39)20-26(21-35)36-33(44)46-23-25-5-3-2-4-6-25/h2-8,19,24,26,29H,9-18,20-23H2,1H3,(H,36,44)(H,37,42,43). The lowest BCUT2D eigenvalue weighted by Gasteiger charge is -2.52. The van der Waals surface area contributed by atoms with Crippen molar-refractivity contribution in [2.45, 2.75) is 70.1 Å². The van der Waals surface area contributed by atoms with Crippen LogP contribution in [0.5, 0.6) is 0 Å². The van der Waals surface area contributed by atoms with Gasteiger partial charge in [-0.3, -0.25) is 24.0 Å². The van der Waals surface area contributed by atoms with Crippen LogP contribution in [-0.2, 0) is 28.0 Å². The lowest BCUT2D eigenvalue weighted by molar-refractivity contribution is -0.135. The molecule has 11 nitrogen and oxygen atoms in total. The number of likely N-dealkylation sites (tertiary alicyclic amines) is 1. The van der Waals surface area contributed by atoms with Gasteiger partial charge in [0, 0.05) is 44.8 Å². The van der Waals surface area contributed by atoms with Crippen molar-refractivity contribution in [1.82, 2.24) is 24.7 Å². The molecule has 2 N–H and O–H groups in total. The molecule has 1 saturated carbocycles. The first-order valence-electron chi connectivity index (χ1n) is 16.8. The van der Waals surface area contributed by atoms with Crippen LogP contribution in [0.2, 0.25) is 0 Å². The Balaban J connectivity index is 0.863. The van der Waals surface area contributed by atoms with E-state index in [0.717, 1.165) is 80.7 Å². The number of ether oxygens (including phenoxy) is 1. The average Bonchev–Trinajstić information content (AvgIpc) is 3.29. The normalized spacial score (nSPS) is 22.5. The number of nitrogens with zero attached hydrogens (tertiary/aromatic N) is 4. The second-order valence-corrected chi connectivity index (χ2v) is 13.9. The highest BCUT2D eigenvalue weighted by Gasteiger charge is 2.46. The number of aryl methyl sites for hydroxylation is 1. The summed E-state index contributed by atoms with van der Waals surface area (Å²) in [6, 6.07) is 15.4. The molecular formula is C35H44N6O5. The van der Waals surface area contributed by atoms with Gasteiger partial charge in [-0.1, -0.05) is 30.3 Å². The molecular weight excluding hydrogens is 584 g/mol. The summed E-state index contributed by atoms with van der Waals surface area (Å²) in [6.07, 6.45) is 7.00. The third-order valence-electron chi connectivity index (χ3n) is 10.9. The van der Waals surface area contributed by atoms with E-state index in [0.29, 0.717) is 24.4 Å². The van der Waals surface area contributed by atoms with Crippen molar-refractivity contribution in [1.29, 1.82) is 0 Å². The minimum atomic E-state index is -0.670. The molecule has 4 fully saturated rings. The number of imide groups is 1. The number of hydrogen-bond donors (Lipinski definition) is 2. The van der Waals surface area contributed by atoms with E-state index in [1.807, 2.05) is 36.4 Å². The Morgan fingerprint density at radius 3 is 2.41 bits per heavy atom. The molecule has 1 unspecified atom stereocenters. The van der Waals surface area contributed by atoms with Crippen LogP contribution in [0.15, 0.2) is 53.3 Å². The zero-order chi connectivity index (χ0) is 31.8. The van der Waals surface area contributed by atoms with E-state index in [-0.39, 0.29) is 30.2 Å². The van der Waals surface area contributed by atoms with Gasteiger partial charge in [0.05, 0.1) is 11.0 Å². The van der Waals surface area contributed by atoms with Gasteiger partial charge in [0.25, 0.3) is 0 Å². The lowest BCUT2D eigenvalue weighted by Crippen LogP contribution is -2.55. The number of carbonyl (C=O) groups is 3. The fraction of sp³-hybridized carbons (Fsp3) is 0.543. The van der Waals surface area contributed by atoms with E-state index in [1.165, 1.54) is 17.4 Å². The van der Waals surface area contributed by atoms with E-state index >= 15 is 0 Å². The van der Waals surface area contributed by atoms with Gasteiger partial charge in [0.2, 0.25) is 11.8 Å². The SMILES string of the molecule is Cn1c(=O)n(C2CCC(=O)NC2=O)c2ccc(N3CCC(CN4CCC5(CC4)CC(NC(=O)OCc4ccccc4)C5)CC3)cc21. The van der Waals surface area contributed by atoms with Crippen LogP contribution in [-0.4, -0.2) is 70.7 Å². The summed E-state index contributed by atoms with van der Waals surface area (Å²) < 4.78 is 8.55. The quantitative estimate of drug-likeness (QED) is 0.383. The van der Waals surface area contributed by atoms with Gasteiger partial charge in [0.1, 0.15) is 12.6 Å². The van der Waals surface area contributed by atoms with Crippen molar-refractivity contribution in [2.24, 2.45) is 18.4 Å². The number of benzene rings is 2. The van der Waals surface area contributed by atoms with Crippen molar-refractivity contribution in [3.05, 3.63) is 64.6 Å². The highest BCUT2D eigenvalue weighted by atomic mass is 16.5. The summed E-state index contributed by atoms with van der Waals surface area (Å²) in [5.74, 6) is -0.0296. The Kier molecular flexibility index (Phi) is 8.35. The molecule has 1 aromatic heterocycles. The van der Waals surface area contributed by atoms with Gasteiger partial charge in [-0.15, -0.1) is 0 Å². The Labute approximate surface area is 268 Å². The molecule has 7 rings (SSSR count). The molecule has 3 aliphatic heterocycles. The molecule has 4 aliphatic rings. The molecule has 0 radical (unpaired) electrons. The zero-order valence-electron chi connectivity index (χ0n) is 26.6. The monoisotopic (exact) mass is 628 g/mol. The van der Waals surface area contributed by atoms with Crippen LogP contribution < -0.4 is 21.2 Å². The van der Waals surface area contributed by atoms with Gasteiger partial charge < -0.3 is 19.9 Å². The molecule has 3 saturated heterocycles. The van der Waals surface area contributed by atoms with Crippen molar-refractivity contribution in [2.75, 3.05) is 37.6 Å². The minimum Gasteiger partial charge on any atom is -0.445 e. The van der Waals surface area contributed by atoms with E-state index in [9.17, 15) is 19.2 Å². The van der Waals surface area contributed by atoms with Crippen LogP contribution in [0.4, 0.5) is 10.5 Å². The number of amides is 3. The molecule has 2 aromatic carbocycles. The van der Waals surface area contributed by atoms with Crippen LogP contribution >= 0.6 is 0 Å². The predicted octanol–water partition coefficient (Wildman–Crippen LogP) is 3.71. The fourth-order valence-electron chi connectivity index (χ4n) is 8.15. The molecule has 1 spiro atoms. The third-order valence-corrected chi connectivity index (χ3v) is 10.9. The van der Waals surface area contributed by atoms with Crippen molar-refractivity contribution in [3.63, 3.8) is 0 Å². The Hall–Kier alpha value is -4.12. The summed E-state index contributed by atoms with van der Waals surface area (Å²) in [5.41, 5.74) is 3.74. The van der Waals surface area contributed by atoms with Crippen LogP contribution in [0.1, 0.15) is 63.0 Å². The largest absolute Gasteiger partial charge is 0.445 e. The highest BCUT2D eigenvalue weighted by molar-refractivity contribution is 6.00. The molecule has 0 bridgehead atoms. The number of anilines is 1. The second kappa shape index (κ2) is 12.6. The van der Waals surface area contributed by atoms with Gasteiger partial charge >= 0.3 is 11.8 Å². The number of fused-ring (bicyclic) bond motifs is 1. The third kappa shape index (κ3) is 6.17. The van der Waals surface area contributed by atoms with Crippen LogP contribution in [0.3, 0.4) is 0 Å². The van der Waals surface area contributed by atoms with Crippen molar-refractivity contribution in [3.8, 4) is 0 Å². The molecule has 1 atom stereocenters. The number of hydrogen-bond acceptors (Lipinski definition) is 7. The van der Waals surface area contributed by atoms with E-state index in [2.05, 4.69) is 32.6 Å². The number of alkyl carbamates (subject to hydrolysis) is 1. The molecule has 3 aromatic rings. The topological polar surface area (TPSA) is 118 Å². The molecule has 1 aliphatic carbocycles. The maximum atomic E-state index is 13.1. The Bertz CT molecular complexity index is 1660. The molecule has 46 heavy (non-hydrogen) atoms. The lowest BCUT2D eigenvalue weighted by atomic mass is 9.60. The molecule has 4 heterocycles. The van der Waals surface area contributed by atoms with Gasteiger partial charge in [-0.2, -0.15) is 0 Å². The summed E-state index contributed by atoms with van der Waals surface area (Å²) >= 11 is 0. The highest BCUT2D eigenvalue weighted by Crippen LogP contribution is 2.49. The van der Waals surface area contributed by atoms with Crippen LogP contribution in [0.25, 0.3) is 11.0 Å². The predicted molar refractivity (Wildman–Crippen MR) is 174 cm³/mol. The van der Waals surface area contributed by atoms with Crippen molar-refractivity contribution < 1.29 is 19.1 Å². The first kappa shape index (κ1) is 30.5. The zero-order valence-corrected chi connectivity index (χ0v) is 26.6. The smallest absolute Gasteiger partial charge is 0.407 e. The number of imidazole rings is 1. The van der Waals surface area contributed by atoms with Gasteiger partial charge in [-0.05, 0) is 93.1 Å². The summed E-state index contributed by atoms with van der Waals surface area (Å²) in [4.78, 5) is 54.6. The van der Waals surface area contributed by atoms with E-state index in [4.69, 9.17) is 4.74 Å². The number of rotatable bonds is 7. The molecule has 244 valence electrons. The van der Waals surface area contributed by atoms with Gasteiger partial charge in [0.15, 0.2) is 0 Å². The minimum absolute atomic E-state index is 0.219. The number of piperidine rings is 3. The molecule has 11 heteroatoms. The summed E-state index contributed by atoms with van der Waals surface area (Å²) in [6.45, 7) is 5.64. The number of aromatic nitrogens is 2. The second-order valence-electron chi connectivity index (χ2n) is 13.9. The van der Waals surface area contributed by atoms with Crippen LogP contribution in [0, 0.1) is 11.3 Å². The Morgan fingerprint density at radius 1 is 0.957 bits per heavy atom. The maximum Gasteiger partial charge on any atom is 0.407 e. The molecule has 3 amide bonds. The first-order valence-corrected chi connectivity index (χ1v) is 16.8. The Morgan fingerprint density at radius 2 is 1.70 bits per heavy atom. The average molecular weight is 629 g/mol. The number of carbonyl (C=O) groups excluding carboxylic acids is 3. The summed E-state index contributed by atoms with van der Waals surface area (Å²) in [7, 11) is 1.74. The summed E-state index contributed by atoms with van der Waals surface area (Å²) in [5, 5.41) is 5.44. The van der Waals surface area contributed by atoms with Gasteiger partial charge in [-0.25, -0.2) is 9.59 Å². The number of nitrogens with one attached hydrogen (secondary N) is 2. The first-order chi connectivity index (χ1) is 22.3. The fourth-order valence-corrected chi connectivity index (χ4v) is 8.15. The maximum absolute atomic E-state index is 13.1. The van der Waals surface area contributed by atoms with Crippen molar-refractivity contribution >= 4 is 34.6 Å². The van der Waals surface area contributed by atoms with E-state index < -0.39 is 11.9 Å².